The van der Waals surface area contributed by atoms with E-state index in [-0.39, 0.29) is 111 Å². The van der Waals surface area contributed by atoms with Crippen molar-refractivity contribution in [2.75, 3.05) is 39.3 Å². The second-order valence-corrected chi connectivity index (χ2v) is 3.91. The Morgan fingerprint density at radius 2 is 0.667 bits per heavy atom. The number of nitrogens with zero attached hydrogens (tertiary/aromatic N) is 2. The summed E-state index contributed by atoms with van der Waals surface area (Å²) >= 11 is 0. The van der Waals surface area contributed by atoms with E-state index in [1.165, 1.54) is 0 Å². The Balaban J connectivity index is -0.0000000860. The summed E-state index contributed by atoms with van der Waals surface area (Å²) in [5.74, 6) is -6.12. The van der Waals surface area contributed by atoms with Gasteiger partial charge < -0.3 is 61.5 Å². The molecular weight excluding hydrogens is 445 g/mol. The Hall–Kier alpha value is 0.146. The van der Waals surface area contributed by atoms with Gasteiger partial charge in [0.05, 0.1) is 23.9 Å². The SMILES string of the molecule is O.O.O.O.O=C([O-])CN(CCN(CC(=O)[O-])CC(=O)[O-])CC(=O)[O-].[Co].[Na+].[Na+]. The van der Waals surface area contributed by atoms with E-state index < -0.39 is 50.1 Å². The Bertz CT molecular complexity index is 336. The molecule has 0 spiro atoms. The third kappa shape index (κ3) is 34.1. The number of hydrogen-bond acceptors (Lipinski definition) is 10. The third-order valence-corrected chi connectivity index (χ3v) is 2.14. The molecule has 0 aliphatic rings. The predicted octanol–water partition coefficient (Wildman–Crippen LogP) is -16.7. The van der Waals surface area contributed by atoms with E-state index in [0.717, 1.165) is 9.80 Å². The molecule has 0 aliphatic heterocycles. The second kappa shape index (κ2) is 28.4. The van der Waals surface area contributed by atoms with Crippen LogP contribution in [0.5, 0.6) is 0 Å². The van der Waals surface area contributed by atoms with Crippen molar-refractivity contribution in [1.82, 2.24) is 9.80 Å². The van der Waals surface area contributed by atoms with Crippen LogP contribution in [0.25, 0.3) is 0 Å². The molecule has 0 aromatic carbocycles. The summed E-state index contributed by atoms with van der Waals surface area (Å²) in [5.41, 5.74) is 0. The third-order valence-electron chi connectivity index (χ3n) is 2.14. The molecule has 1 radical (unpaired) electrons. The van der Waals surface area contributed by atoms with Crippen LogP contribution in [-0.4, -0.2) is 94.9 Å². The molecule has 0 atom stereocenters. The van der Waals surface area contributed by atoms with Gasteiger partial charge in [-0.1, -0.05) is 0 Å². The van der Waals surface area contributed by atoms with Crippen LogP contribution in [0, 0.1) is 0 Å². The molecule has 0 fully saturated rings. The summed E-state index contributed by atoms with van der Waals surface area (Å²) < 4.78 is 0. The van der Waals surface area contributed by atoms with Crippen molar-refractivity contribution in [3.05, 3.63) is 0 Å². The van der Waals surface area contributed by atoms with Crippen molar-refractivity contribution in [3.63, 3.8) is 0 Å². The van der Waals surface area contributed by atoms with E-state index in [9.17, 15) is 39.6 Å². The van der Waals surface area contributed by atoms with Gasteiger partial charge in [-0.15, -0.1) is 0 Å². The summed E-state index contributed by atoms with van der Waals surface area (Å²) in [6.45, 7) is -3.25. The second-order valence-electron chi connectivity index (χ2n) is 3.91. The zero-order chi connectivity index (χ0) is 15.7. The smallest absolute Gasteiger partial charge is 0.549 e. The molecule has 155 valence electrons. The van der Waals surface area contributed by atoms with Crippen molar-refractivity contribution >= 4 is 23.9 Å². The average Bonchev–Trinajstić information content (AvgIpc) is 2.22. The fourth-order valence-corrected chi connectivity index (χ4v) is 1.44. The maximum Gasteiger partial charge on any atom is 1.00 e. The molecule has 0 saturated carbocycles. The van der Waals surface area contributed by atoms with Gasteiger partial charge in [0.15, 0.2) is 0 Å². The standard InChI is InChI=1S/C10H16N2O8.Co.2Na.4H2O/c13-7(14)3-11(4-8(15)16)1-2-12(5-9(17)18)6-10(19)20;;;;;;;/h1-6H2,(H,13,14)(H,15,16)(H,17,18)(H,19,20);;;;4*1H2/q;;2*+1;;;;/p-4. The summed E-state index contributed by atoms with van der Waals surface area (Å²) in [6.07, 6.45) is 0. The first-order valence-corrected chi connectivity index (χ1v) is 5.44. The molecule has 0 rings (SSSR count). The van der Waals surface area contributed by atoms with Crippen LogP contribution in [0.15, 0.2) is 0 Å². The topological polar surface area (TPSA) is 293 Å². The Labute approximate surface area is 208 Å². The zero-order valence-corrected chi connectivity index (χ0v) is 19.8. The quantitative estimate of drug-likeness (QED) is 0.259. The fraction of sp³-hybridized carbons (Fsp3) is 0.600. The number of carbonyl (C=O) groups is 4. The minimum Gasteiger partial charge on any atom is -0.549 e. The number of carboxylic acid groups (broad SMARTS) is 4. The Morgan fingerprint density at radius 1 is 0.519 bits per heavy atom. The molecule has 14 nitrogen and oxygen atoms in total. The van der Waals surface area contributed by atoms with Gasteiger partial charge in [0, 0.05) is 56.0 Å². The van der Waals surface area contributed by atoms with Crippen molar-refractivity contribution < 1.29 is 137 Å². The van der Waals surface area contributed by atoms with Crippen LogP contribution in [0.4, 0.5) is 0 Å². The minimum absolute atomic E-state index is 0. The number of aliphatic carboxylic acids is 4. The summed E-state index contributed by atoms with van der Waals surface area (Å²) in [6, 6.07) is 0. The molecule has 17 heteroatoms. The van der Waals surface area contributed by atoms with Crippen LogP contribution >= 0.6 is 0 Å². The first-order valence-electron chi connectivity index (χ1n) is 5.44. The van der Waals surface area contributed by atoms with Gasteiger partial charge in [-0.3, -0.25) is 9.80 Å². The zero-order valence-electron chi connectivity index (χ0n) is 14.7. The van der Waals surface area contributed by atoms with Gasteiger partial charge in [-0.05, 0) is 0 Å². The molecule has 0 saturated heterocycles. The molecule has 0 aromatic heterocycles. The van der Waals surface area contributed by atoms with E-state index in [1.807, 2.05) is 0 Å². The van der Waals surface area contributed by atoms with Crippen LogP contribution in [0.1, 0.15) is 0 Å². The van der Waals surface area contributed by atoms with Crippen molar-refractivity contribution in [2.24, 2.45) is 0 Å². The molecule has 0 aromatic rings. The van der Waals surface area contributed by atoms with Crippen LogP contribution in [0.3, 0.4) is 0 Å². The normalized spacial score (nSPS) is 7.93. The minimum atomic E-state index is -1.53. The molecule has 0 aliphatic carbocycles. The molecule has 0 unspecified atom stereocenters. The Morgan fingerprint density at radius 3 is 0.778 bits per heavy atom. The van der Waals surface area contributed by atoms with E-state index in [4.69, 9.17) is 0 Å². The van der Waals surface area contributed by atoms with E-state index in [1.54, 1.807) is 0 Å². The fourth-order valence-electron chi connectivity index (χ4n) is 1.44. The number of hydrogen-bond donors (Lipinski definition) is 0. The first kappa shape index (κ1) is 50.6. The molecule has 27 heavy (non-hydrogen) atoms. The first-order chi connectivity index (χ1) is 9.20. The van der Waals surface area contributed by atoms with Crippen molar-refractivity contribution in [2.45, 2.75) is 0 Å². The van der Waals surface area contributed by atoms with Gasteiger partial charge in [0.2, 0.25) is 0 Å². The monoisotopic (exact) mass is 465 g/mol. The van der Waals surface area contributed by atoms with Crippen LogP contribution < -0.4 is 79.5 Å². The van der Waals surface area contributed by atoms with E-state index >= 15 is 0 Å². The molecular formula is C10H20CoN2Na2O12-2. The van der Waals surface area contributed by atoms with Gasteiger partial charge in [0.1, 0.15) is 0 Å². The average molecular weight is 465 g/mol. The maximum atomic E-state index is 10.4. The van der Waals surface area contributed by atoms with Gasteiger partial charge in [0.25, 0.3) is 0 Å². The van der Waals surface area contributed by atoms with Gasteiger partial charge in [-0.25, -0.2) is 0 Å². The molecule has 0 heterocycles. The maximum absolute atomic E-state index is 10.4. The number of carboxylic acids is 4. The van der Waals surface area contributed by atoms with Gasteiger partial charge in [-0.2, -0.15) is 0 Å². The van der Waals surface area contributed by atoms with Crippen molar-refractivity contribution in [3.8, 4) is 0 Å². The predicted molar refractivity (Wildman–Crippen MR) is 67.4 cm³/mol. The van der Waals surface area contributed by atoms with E-state index in [2.05, 4.69) is 0 Å². The van der Waals surface area contributed by atoms with E-state index in [0.29, 0.717) is 0 Å². The number of rotatable bonds is 11. The summed E-state index contributed by atoms with van der Waals surface area (Å²) in [4.78, 5) is 43.4. The number of carbonyl (C=O) groups excluding carboxylic acids is 4. The molecule has 0 amide bonds. The van der Waals surface area contributed by atoms with Crippen molar-refractivity contribution in [1.29, 1.82) is 0 Å². The molecule has 0 bridgehead atoms. The largest absolute Gasteiger partial charge is 1.00 e. The van der Waals surface area contributed by atoms with Crippen LogP contribution in [-0.2, 0) is 36.0 Å². The van der Waals surface area contributed by atoms with Gasteiger partial charge >= 0.3 is 59.1 Å². The molecule has 8 N–H and O–H groups in total. The Kier molecular flexibility index (Phi) is 53.2. The summed E-state index contributed by atoms with van der Waals surface area (Å²) in [5, 5.41) is 41.6. The van der Waals surface area contributed by atoms with Crippen LogP contribution in [0.2, 0.25) is 0 Å². The summed E-state index contributed by atoms with van der Waals surface area (Å²) in [7, 11) is 0.